The molecule has 0 radical (unpaired) electrons. The van der Waals surface area contributed by atoms with E-state index in [1.807, 2.05) is 43.5 Å². The molecule has 0 fully saturated rings. The Hall–Kier alpha value is -2.82. The standard InChI is InChI=1S/C16H15N3O2/c1-12-7-8-21-15(12)16(20)17-9-13-10-18-19(11-13)14-5-3-2-4-6-14/h2-8,10-11H,9H2,1H3,(H,17,20). The van der Waals surface area contributed by atoms with Crippen LogP contribution in [0.25, 0.3) is 5.69 Å². The molecule has 0 unspecified atom stereocenters. The molecule has 5 nitrogen and oxygen atoms in total. The normalized spacial score (nSPS) is 10.5. The molecule has 0 bridgehead atoms. The van der Waals surface area contributed by atoms with Crippen LogP contribution in [-0.4, -0.2) is 15.7 Å². The van der Waals surface area contributed by atoms with Crippen molar-refractivity contribution in [1.82, 2.24) is 15.1 Å². The van der Waals surface area contributed by atoms with Crippen LogP contribution in [0, 0.1) is 6.92 Å². The molecule has 3 rings (SSSR count). The predicted molar refractivity (Wildman–Crippen MR) is 78.2 cm³/mol. The van der Waals surface area contributed by atoms with Gasteiger partial charge in [-0.15, -0.1) is 0 Å². The number of hydrogen-bond donors (Lipinski definition) is 1. The first-order chi connectivity index (χ1) is 10.2. The molecule has 3 aromatic rings. The van der Waals surface area contributed by atoms with Gasteiger partial charge in [0.05, 0.1) is 18.1 Å². The van der Waals surface area contributed by atoms with Gasteiger partial charge in [-0.2, -0.15) is 5.10 Å². The van der Waals surface area contributed by atoms with Gasteiger partial charge in [0.2, 0.25) is 0 Å². The maximum Gasteiger partial charge on any atom is 0.287 e. The van der Waals surface area contributed by atoms with Crippen molar-refractivity contribution < 1.29 is 9.21 Å². The third kappa shape index (κ3) is 2.86. The lowest BCUT2D eigenvalue weighted by Crippen LogP contribution is -2.22. The van der Waals surface area contributed by atoms with Crippen molar-refractivity contribution in [2.24, 2.45) is 0 Å². The van der Waals surface area contributed by atoms with Crippen LogP contribution >= 0.6 is 0 Å². The summed E-state index contributed by atoms with van der Waals surface area (Å²) in [5.74, 6) is 0.135. The molecule has 1 aromatic carbocycles. The molecule has 0 saturated heterocycles. The Morgan fingerprint density at radius 2 is 2.10 bits per heavy atom. The topological polar surface area (TPSA) is 60.1 Å². The first-order valence-corrected chi connectivity index (χ1v) is 6.65. The zero-order chi connectivity index (χ0) is 14.7. The van der Waals surface area contributed by atoms with Crippen LogP contribution in [0.5, 0.6) is 0 Å². The molecule has 1 N–H and O–H groups in total. The van der Waals surface area contributed by atoms with E-state index in [4.69, 9.17) is 4.42 Å². The fourth-order valence-electron chi connectivity index (χ4n) is 2.04. The minimum atomic E-state index is -0.218. The van der Waals surface area contributed by atoms with Crippen LogP contribution in [0.1, 0.15) is 21.7 Å². The molecule has 1 amide bonds. The first kappa shape index (κ1) is 13.2. The van der Waals surface area contributed by atoms with Crippen molar-refractivity contribution in [2.45, 2.75) is 13.5 Å². The van der Waals surface area contributed by atoms with Gasteiger partial charge < -0.3 is 9.73 Å². The zero-order valence-corrected chi connectivity index (χ0v) is 11.6. The molecule has 0 atom stereocenters. The Morgan fingerprint density at radius 3 is 2.81 bits per heavy atom. The Bertz CT molecular complexity index is 744. The summed E-state index contributed by atoms with van der Waals surface area (Å²) < 4.78 is 6.93. The van der Waals surface area contributed by atoms with Gasteiger partial charge in [-0.3, -0.25) is 4.79 Å². The summed E-state index contributed by atoms with van der Waals surface area (Å²) in [6.07, 6.45) is 5.14. The van der Waals surface area contributed by atoms with E-state index in [0.29, 0.717) is 12.3 Å². The highest BCUT2D eigenvalue weighted by Gasteiger charge is 2.12. The molecular weight excluding hydrogens is 266 g/mol. The fraction of sp³-hybridized carbons (Fsp3) is 0.125. The van der Waals surface area contributed by atoms with Gasteiger partial charge in [-0.25, -0.2) is 4.68 Å². The lowest BCUT2D eigenvalue weighted by Gasteiger charge is -2.02. The van der Waals surface area contributed by atoms with Crippen molar-refractivity contribution in [3.05, 3.63) is 71.9 Å². The smallest absolute Gasteiger partial charge is 0.287 e. The number of nitrogens with one attached hydrogen (secondary N) is 1. The highest BCUT2D eigenvalue weighted by molar-refractivity contribution is 5.92. The minimum absolute atomic E-state index is 0.218. The quantitative estimate of drug-likeness (QED) is 0.800. The lowest BCUT2D eigenvalue weighted by molar-refractivity contribution is 0.0922. The number of rotatable bonds is 4. The van der Waals surface area contributed by atoms with E-state index in [0.717, 1.165) is 16.8 Å². The maximum atomic E-state index is 11.9. The predicted octanol–water partition coefficient (Wildman–Crippen LogP) is 2.70. The van der Waals surface area contributed by atoms with Crippen LogP contribution in [0.15, 0.2) is 59.5 Å². The summed E-state index contributed by atoms with van der Waals surface area (Å²) in [5, 5.41) is 7.11. The van der Waals surface area contributed by atoms with Crippen molar-refractivity contribution in [1.29, 1.82) is 0 Å². The number of hydrogen-bond acceptors (Lipinski definition) is 3. The SMILES string of the molecule is Cc1ccoc1C(=O)NCc1cnn(-c2ccccc2)c1. The van der Waals surface area contributed by atoms with Gasteiger partial charge in [-0.05, 0) is 25.1 Å². The Kier molecular flexibility index (Phi) is 3.55. The summed E-state index contributed by atoms with van der Waals surface area (Å²) in [4.78, 5) is 11.9. The highest BCUT2D eigenvalue weighted by Crippen LogP contribution is 2.10. The van der Waals surface area contributed by atoms with E-state index in [1.54, 1.807) is 16.9 Å². The fourth-order valence-corrected chi connectivity index (χ4v) is 2.04. The number of carbonyl (C=O) groups excluding carboxylic acids is 1. The van der Waals surface area contributed by atoms with Gasteiger partial charge in [-0.1, -0.05) is 18.2 Å². The minimum Gasteiger partial charge on any atom is -0.459 e. The number of aromatic nitrogens is 2. The van der Waals surface area contributed by atoms with Crippen LogP contribution in [0.2, 0.25) is 0 Å². The number of amides is 1. The summed E-state index contributed by atoms with van der Waals surface area (Å²) >= 11 is 0. The second-order valence-electron chi connectivity index (χ2n) is 4.74. The largest absolute Gasteiger partial charge is 0.459 e. The Labute approximate surface area is 122 Å². The van der Waals surface area contributed by atoms with Crippen molar-refractivity contribution in [3.8, 4) is 5.69 Å². The van der Waals surface area contributed by atoms with E-state index >= 15 is 0 Å². The molecule has 2 heterocycles. The molecule has 21 heavy (non-hydrogen) atoms. The van der Waals surface area contributed by atoms with Crippen LogP contribution in [0.4, 0.5) is 0 Å². The van der Waals surface area contributed by atoms with E-state index in [-0.39, 0.29) is 5.91 Å². The van der Waals surface area contributed by atoms with Gasteiger partial charge in [0.25, 0.3) is 5.91 Å². The second-order valence-corrected chi connectivity index (χ2v) is 4.74. The van der Waals surface area contributed by atoms with Gasteiger partial charge in [0, 0.05) is 23.9 Å². The third-order valence-corrected chi connectivity index (χ3v) is 3.18. The van der Waals surface area contributed by atoms with Crippen molar-refractivity contribution in [2.75, 3.05) is 0 Å². The number of aryl methyl sites for hydroxylation is 1. The molecule has 0 saturated carbocycles. The summed E-state index contributed by atoms with van der Waals surface area (Å²) in [5.41, 5.74) is 2.74. The van der Waals surface area contributed by atoms with Crippen molar-refractivity contribution in [3.63, 3.8) is 0 Å². The number of nitrogens with zero attached hydrogens (tertiary/aromatic N) is 2. The molecule has 0 spiro atoms. The first-order valence-electron chi connectivity index (χ1n) is 6.65. The van der Waals surface area contributed by atoms with E-state index in [9.17, 15) is 4.79 Å². The number of carbonyl (C=O) groups is 1. The van der Waals surface area contributed by atoms with Crippen LogP contribution < -0.4 is 5.32 Å². The van der Waals surface area contributed by atoms with Crippen molar-refractivity contribution >= 4 is 5.91 Å². The molecule has 0 aliphatic rings. The van der Waals surface area contributed by atoms with E-state index < -0.39 is 0 Å². The average molecular weight is 281 g/mol. The molecule has 106 valence electrons. The lowest BCUT2D eigenvalue weighted by atomic mass is 10.2. The molecule has 0 aliphatic heterocycles. The van der Waals surface area contributed by atoms with Gasteiger partial charge in [0.1, 0.15) is 0 Å². The zero-order valence-electron chi connectivity index (χ0n) is 11.6. The molecule has 0 aliphatic carbocycles. The Balaban J connectivity index is 1.66. The number of furan rings is 1. The highest BCUT2D eigenvalue weighted by atomic mass is 16.3. The van der Waals surface area contributed by atoms with Gasteiger partial charge in [0.15, 0.2) is 5.76 Å². The third-order valence-electron chi connectivity index (χ3n) is 3.18. The molecular formula is C16H15N3O2. The van der Waals surface area contributed by atoms with Gasteiger partial charge >= 0.3 is 0 Å². The molecule has 2 aromatic heterocycles. The number of benzene rings is 1. The van der Waals surface area contributed by atoms with E-state index in [2.05, 4.69) is 10.4 Å². The average Bonchev–Trinajstić information content (AvgIpc) is 3.15. The maximum absolute atomic E-state index is 11.9. The van der Waals surface area contributed by atoms with Crippen LogP contribution in [-0.2, 0) is 6.54 Å². The monoisotopic (exact) mass is 281 g/mol. The summed E-state index contributed by atoms with van der Waals surface area (Å²) in [6, 6.07) is 11.6. The second kappa shape index (κ2) is 5.66. The van der Waals surface area contributed by atoms with Crippen LogP contribution in [0.3, 0.4) is 0 Å². The summed E-state index contributed by atoms with van der Waals surface area (Å²) in [6.45, 7) is 2.25. The molecule has 5 heteroatoms. The van der Waals surface area contributed by atoms with E-state index in [1.165, 1.54) is 6.26 Å². The Morgan fingerprint density at radius 1 is 1.29 bits per heavy atom. The number of para-hydroxylation sites is 1. The summed E-state index contributed by atoms with van der Waals surface area (Å²) in [7, 11) is 0.